The molecule has 0 bridgehead atoms. The minimum absolute atomic E-state index is 0.0241. The van der Waals surface area contributed by atoms with Crippen LogP contribution in [0.25, 0.3) is 0 Å². The van der Waals surface area contributed by atoms with Crippen molar-refractivity contribution in [2.45, 2.75) is 19.0 Å². The normalized spacial score (nSPS) is 20.4. The lowest BCUT2D eigenvalue weighted by atomic mass is 10.0. The highest BCUT2D eigenvalue weighted by Crippen LogP contribution is 2.32. The van der Waals surface area contributed by atoms with Crippen LogP contribution in [0.3, 0.4) is 0 Å². The maximum absolute atomic E-state index is 13.0. The number of benzene rings is 1. The third-order valence-electron chi connectivity index (χ3n) is 6.00. The van der Waals surface area contributed by atoms with E-state index >= 15 is 0 Å². The second kappa shape index (κ2) is 11.3. The number of piperazine rings is 2. The molecule has 172 valence electrons. The zero-order valence-corrected chi connectivity index (χ0v) is 18.8. The Morgan fingerprint density at radius 2 is 1.87 bits per heavy atom. The summed E-state index contributed by atoms with van der Waals surface area (Å²) in [5, 5.41) is 2.91. The van der Waals surface area contributed by atoms with Crippen LogP contribution in [0, 0.1) is 0 Å². The fourth-order valence-corrected chi connectivity index (χ4v) is 4.21. The molecule has 2 aliphatic heterocycles. The zero-order valence-electron chi connectivity index (χ0n) is 18.8. The van der Waals surface area contributed by atoms with Gasteiger partial charge in [-0.1, -0.05) is 12.1 Å². The van der Waals surface area contributed by atoms with Crippen molar-refractivity contribution in [1.29, 1.82) is 0 Å². The van der Waals surface area contributed by atoms with Crippen LogP contribution in [-0.4, -0.2) is 106 Å². The molecule has 2 aliphatic rings. The molecule has 1 atom stereocenters. The van der Waals surface area contributed by atoms with Crippen LogP contribution in [0.1, 0.15) is 12.0 Å². The molecule has 0 radical (unpaired) electrons. The lowest BCUT2D eigenvalue weighted by Gasteiger charge is -2.38. The number of rotatable bonds is 9. The number of para-hydroxylation sites is 1. The van der Waals surface area contributed by atoms with Crippen LogP contribution in [-0.2, 0) is 20.9 Å². The molecule has 0 aromatic heterocycles. The summed E-state index contributed by atoms with van der Waals surface area (Å²) in [5.41, 5.74) is 0.931. The Bertz CT molecular complexity index is 751. The largest absolute Gasteiger partial charge is 0.493 e. The van der Waals surface area contributed by atoms with Gasteiger partial charge in [-0.3, -0.25) is 19.4 Å². The van der Waals surface area contributed by atoms with Crippen molar-refractivity contribution in [1.82, 2.24) is 20.0 Å². The van der Waals surface area contributed by atoms with Crippen LogP contribution >= 0.6 is 0 Å². The average Bonchev–Trinajstić information content (AvgIpc) is 2.79. The third-order valence-corrected chi connectivity index (χ3v) is 6.00. The highest BCUT2D eigenvalue weighted by atomic mass is 16.5. The number of hydrogen-bond donors (Lipinski definition) is 1. The molecule has 2 fully saturated rings. The van der Waals surface area contributed by atoms with E-state index in [4.69, 9.17) is 14.2 Å². The van der Waals surface area contributed by atoms with Gasteiger partial charge in [0.25, 0.3) is 0 Å². The number of nitrogens with one attached hydrogen (secondary N) is 1. The SMILES string of the molecule is COCCN1CCN(C(=O)CC2C(=O)NCCN2Cc2cccc(OC)c2OC)CC1. The molecule has 1 unspecified atom stereocenters. The van der Waals surface area contributed by atoms with Gasteiger partial charge in [0.2, 0.25) is 11.8 Å². The third kappa shape index (κ3) is 5.87. The van der Waals surface area contributed by atoms with Gasteiger partial charge >= 0.3 is 0 Å². The standard InChI is InChI=1S/C22H34N4O5/c1-29-14-13-24-9-11-25(12-10-24)20(27)15-18-22(28)23-7-8-26(18)16-17-5-4-6-19(30-2)21(17)31-3/h4-6,18H,7-16H2,1-3H3,(H,23,28). The first kappa shape index (κ1) is 23.3. The summed E-state index contributed by atoms with van der Waals surface area (Å²) in [5.74, 6) is 1.24. The first-order valence-electron chi connectivity index (χ1n) is 10.8. The maximum atomic E-state index is 13.0. The summed E-state index contributed by atoms with van der Waals surface area (Å²) in [6.07, 6.45) is 0.177. The van der Waals surface area contributed by atoms with E-state index in [-0.39, 0.29) is 18.2 Å². The molecule has 9 nitrogen and oxygen atoms in total. The first-order chi connectivity index (χ1) is 15.1. The lowest BCUT2D eigenvalue weighted by Crippen LogP contribution is -2.57. The smallest absolute Gasteiger partial charge is 0.237 e. The molecule has 0 spiro atoms. The predicted molar refractivity (Wildman–Crippen MR) is 116 cm³/mol. The molecule has 3 rings (SSSR count). The Hall–Kier alpha value is -2.36. The van der Waals surface area contributed by atoms with E-state index in [2.05, 4.69) is 15.1 Å². The van der Waals surface area contributed by atoms with E-state index in [1.54, 1.807) is 21.3 Å². The van der Waals surface area contributed by atoms with Crippen molar-refractivity contribution in [2.24, 2.45) is 0 Å². The van der Waals surface area contributed by atoms with Crippen LogP contribution in [0.5, 0.6) is 11.5 Å². The molecule has 9 heteroatoms. The second-order valence-corrected chi connectivity index (χ2v) is 7.85. The molecule has 2 saturated heterocycles. The molecular formula is C22H34N4O5. The Morgan fingerprint density at radius 1 is 1.10 bits per heavy atom. The molecular weight excluding hydrogens is 400 g/mol. The molecule has 0 saturated carbocycles. The van der Waals surface area contributed by atoms with Crippen molar-refractivity contribution in [3.63, 3.8) is 0 Å². The summed E-state index contributed by atoms with van der Waals surface area (Å²) in [6, 6.07) is 5.22. The van der Waals surface area contributed by atoms with E-state index in [0.717, 1.165) is 25.2 Å². The van der Waals surface area contributed by atoms with E-state index < -0.39 is 6.04 Å². The number of carbonyl (C=O) groups is 2. The minimum Gasteiger partial charge on any atom is -0.493 e. The van der Waals surface area contributed by atoms with Crippen molar-refractivity contribution in [3.05, 3.63) is 23.8 Å². The Labute approximate surface area is 184 Å². The van der Waals surface area contributed by atoms with Gasteiger partial charge in [0.05, 0.1) is 33.3 Å². The van der Waals surface area contributed by atoms with Gasteiger partial charge < -0.3 is 24.4 Å². The van der Waals surface area contributed by atoms with Gasteiger partial charge in [-0.05, 0) is 6.07 Å². The van der Waals surface area contributed by atoms with Gasteiger partial charge in [0.1, 0.15) is 0 Å². The summed E-state index contributed by atoms with van der Waals surface area (Å²) >= 11 is 0. The highest BCUT2D eigenvalue weighted by molar-refractivity contribution is 5.89. The topological polar surface area (TPSA) is 83.6 Å². The molecule has 0 aliphatic carbocycles. The molecule has 2 amide bonds. The highest BCUT2D eigenvalue weighted by Gasteiger charge is 2.34. The van der Waals surface area contributed by atoms with Crippen LogP contribution < -0.4 is 14.8 Å². The van der Waals surface area contributed by atoms with Crippen molar-refractivity contribution >= 4 is 11.8 Å². The minimum atomic E-state index is -0.497. The number of methoxy groups -OCH3 is 3. The molecule has 2 heterocycles. The van der Waals surface area contributed by atoms with Gasteiger partial charge in [-0.25, -0.2) is 0 Å². The first-order valence-corrected chi connectivity index (χ1v) is 10.8. The van der Waals surface area contributed by atoms with Crippen LogP contribution in [0.15, 0.2) is 18.2 Å². The number of carbonyl (C=O) groups excluding carboxylic acids is 2. The number of nitrogens with zero attached hydrogens (tertiary/aromatic N) is 3. The van der Waals surface area contributed by atoms with Crippen LogP contribution in [0.4, 0.5) is 0 Å². The van der Waals surface area contributed by atoms with Gasteiger partial charge in [0, 0.05) is 65.0 Å². The van der Waals surface area contributed by atoms with E-state index in [1.165, 1.54) is 0 Å². The number of hydrogen-bond acceptors (Lipinski definition) is 7. The van der Waals surface area contributed by atoms with Crippen molar-refractivity contribution < 1.29 is 23.8 Å². The van der Waals surface area contributed by atoms with Crippen molar-refractivity contribution in [3.8, 4) is 11.5 Å². The van der Waals surface area contributed by atoms with Crippen molar-refractivity contribution in [2.75, 3.05) is 73.7 Å². The summed E-state index contributed by atoms with van der Waals surface area (Å²) in [4.78, 5) is 31.9. The second-order valence-electron chi connectivity index (χ2n) is 7.85. The number of ether oxygens (including phenoxy) is 3. The monoisotopic (exact) mass is 434 g/mol. The van der Waals surface area contributed by atoms with Gasteiger partial charge in [0.15, 0.2) is 11.5 Å². The maximum Gasteiger partial charge on any atom is 0.237 e. The van der Waals surface area contributed by atoms with E-state index in [1.807, 2.05) is 23.1 Å². The Kier molecular flexibility index (Phi) is 8.51. The Morgan fingerprint density at radius 3 is 2.55 bits per heavy atom. The average molecular weight is 435 g/mol. The zero-order chi connectivity index (χ0) is 22.2. The van der Waals surface area contributed by atoms with E-state index in [0.29, 0.717) is 50.8 Å². The molecule has 1 aromatic rings. The van der Waals surface area contributed by atoms with Crippen LogP contribution in [0.2, 0.25) is 0 Å². The van der Waals surface area contributed by atoms with Gasteiger partial charge in [-0.2, -0.15) is 0 Å². The number of amides is 2. The molecule has 1 N–H and O–H groups in total. The molecule has 1 aromatic carbocycles. The Balaban J connectivity index is 1.64. The lowest BCUT2D eigenvalue weighted by molar-refractivity contribution is -0.140. The summed E-state index contributed by atoms with van der Waals surface area (Å²) < 4.78 is 16.1. The fourth-order valence-electron chi connectivity index (χ4n) is 4.21. The summed E-state index contributed by atoms with van der Waals surface area (Å²) in [6.45, 7) is 6.34. The predicted octanol–water partition coefficient (Wildman–Crippen LogP) is 0.185. The van der Waals surface area contributed by atoms with Gasteiger partial charge in [-0.15, -0.1) is 0 Å². The molecule has 31 heavy (non-hydrogen) atoms. The quantitative estimate of drug-likeness (QED) is 0.594. The summed E-state index contributed by atoms with van der Waals surface area (Å²) in [7, 11) is 4.91. The van der Waals surface area contributed by atoms with E-state index in [9.17, 15) is 9.59 Å². The fraction of sp³-hybridized carbons (Fsp3) is 0.636.